The third-order valence-corrected chi connectivity index (χ3v) is 2.36. The molecule has 3 unspecified atom stereocenters. The Labute approximate surface area is 74.6 Å². The van der Waals surface area contributed by atoms with Crippen molar-refractivity contribution in [1.29, 1.82) is 5.26 Å². The number of nitriles is 1. The summed E-state index contributed by atoms with van der Waals surface area (Å²) in [4.78, 5) is 0. The number of nitrogens with zero attached hydrogens (tertiary/aromatic N) is 1. The molecule has 70 valence electrons. The molecule has 0 heterocycles. The van der Waals surface area contributed by atoms with E-state index in [0.29, 0.717) is 0 Å². The van der Waals surface area contributed by atoms with Crippen molar-refractivity contribution in [2.45, 2.75) is 46.2 Å². The molecule has 0 rings (SSSR count). The highest BCUT2D eigenvalue weighted by atomic mass is 19.1. The Hall–Kier alpha value is -0.580. The average molecular weight is 171 g/mol. The summed E-state index contributed by atoms with van der Waals surface area (Å²) < 4.78 is 12.8. The van der Waals surface area contributed by atoms with Crippen LogP contribution in [0.3, 0.4) is 0 Å². The highest BCUT2D eigenvalue weighted by Gasteiger charge is 2.15. The fourth-order valence-electron chi connectivity index (χ4n) is 1.29. The zero-order valence-corrected chi connectivity index (χ0v) is 8.18. The maximum absolute atomic E-state index is 12.8. The smallest absolute Gasteiger partial charge is 0.100 e. The molecule has 0 fully saturated rings. The highest BCUT2D eigenvalue weighted by Crippen LogP contribution is 2.20. The molecule has 0 N–H and O–H groups in total. The maximum atomic E-state index is 12.8. The normalized spacial score (nSPS) is 17.9. The third kappa shape index (κ3) is 4.33. The fourth-order valence-corrected chi connectivity index (χ4v) is 1.29. The van der Waals surface area contributed by atoms with Crippen molar-refractivity contribution in [3.8, 4) is 6.07 Å². The largest absolute Gasteiger partial charge is 0.247 e. The first-order valence-electron chi connectivity index (χ1n) is 4.65. The lowest BCUT2D eigenvalue weighted by molar-refractivity contribution is 0.224. The number of hydrogen-bond acceptors (Lipinski definition) is 1. The van der Waals surface area contributed by atoms with Crippen LogP contribution in [0.15, 0.2) is 0 Å². The van der Waals surface area contributed by atoms with Crippen LogP contribution in [0.1, 0.15) is 40.0 Å². The van der Waals surface area contributed by atoms with E-state index in [1.165, 1.54) is 0 Å². The second-order valence-corrected chi connectivity index (χ2v) is 3.45. The van der Waals surface area contributed by atoms with Gasteiger partial charge in [0.05, 0.1) is 6.07 Å². The molecule has 0 aromatic rings. The van der Waals surface area contributed by atoms with E-state index in [1.54, 1.807) is 6.92 Å². The van der Waals surface area contributed by atoms with Crippen LogP contribution in [0.4, 0.5) is 4.39 Å². The van der Waals surface area contributed by atoms with Gasteiger partial charge in [-0.05, 0) is 32.6 Å². The Morgan fingerprint density at radius 2 is 1.92 bits per heavy atom. The van der Waals surface area contributed by atoms with E-state index in [-0.39, 0.29) is 11.8 Å². The van der Waals surface area contributed by atoms with E-state index < -0.39 is 6.17 Å². The molecule has 0 aliphatic rings. The molecular weight excluding hydrogens is 153 g/mol. The molecule has 1 nitrogen and oxygen atoms in total. The third-order valence-electron chi connectivity index (χ3n) is 2.36. The Morgan fingerprint density at radius 1 is 1.33 bits per heavy atom. The van der Waals surface area contributed by atoms with Crippen LogP contribution in [0, 0.1) is 23.2 Å². The lowest BCUT2D eigenvalue weighted by Gasteiger charge is -2.16. The minimum Gasteiger partial charge on any atom is -0.247 e. The van der Waals surface area contributed by atoms with Crippen molar-refractivity contribution in [2.24, 2.45) is 11.8 Å². The molecule has 0 aliphatic heterocycles. The summed E-state index contributed by atoms with van der Waals surface area (Å²) in [6, 6.07) is 2.16. The first-order chi connectivity index (χ1) is 5.61. The molecule has 0 bridgehead atoms. The van der Waals surface area contributed by atoms with E-state index in [0.717, 1.165) is 19.3 Å². The first-order valence-corrected chi connectivity index (χ1v) is 4.65. The van der Waals surface area contributed by atoms with Crippen LogP contribution in [-0.2, 0) is 0 Å². The Bertz CT molecular complexity index is 148. The topological polar surface area (TPSA) is 23.8 Å². The van der Waals surface area contributed by atoms with Crippen molar-refractivity contribution in [2.75, 3.05) is 0 Å². The van der Waals surface area contributed by atoms with E-state index >= 15 is 0 Å². The zero-order chi connectivity index (χ0) is 9.56. The molecule has 0 saturated heterocycles. The lowest BCUT2D eigenvalue weighted by Crippen LogP contribution is -2.12. The molecule has 0 aromatic carbocycles. The van der Waals surface area contributed by atoms with Crippen LogP contribution < -0.4 is 0 Å². The summed E-state index contributed by atoms with van der Waals surface area (Å²) in [6.45, 7) is 5.48. The van der Waals surface area contributed by atoms with Gasteiger partial charge in [-0.2, -0.15) is 5.26 Å². The van der Waals surface area contributed by atoms with Crippen molar-refractivity contribution < 1.29 is 4.39 Å². The van der Waals surface area contributed by atoms with Crippen LogP contribution in [0.25, 0.3) is 0 Å². The van der Waals surface area contributed by atoms with Crippen molar-refractivity contribution in [1.82, 2.24) is 0 Å². The van der Waals surface area contributed by atoms with Gasteiger partial charge in [0.1, 0.15) is 6.17 Å². The van der Waals surface area contributed by atoms with Gasteiger partial charge in [0.25, 0.3) is 0 Å². The van der Waals surface area contributed by atoms with Gasteiger partial charge in [-0.1, -0.05) is 13.3 Å². The zero-order valence-electron chi connectivity index (χ0n) is 8.18. The summed E-state index contributed by atoms with van der Waals surface area (Å²) in [5, 5.41) is 8.52. The lowest BCUT2D eigenvalue weighted by atomic mass is 9.92. The number of alkyl halides is 1. The average Bonchev–Trinajstić information content (AvgIpc) is 2.04. The minimum atomic E-state index is -0.735. The van der Waals surface area contributed by atoms with Crippen molar-refractivity contribution in [3.63, 3.8) is 0 Å². The Balaban J connectivity index is 3.67. The van der Waals surface area contributed by atoms with Crippen LogP contribution >= 0.6 is 0 Å². The summed E-state index contributed by atoms with van der Waals surface area (Å²) >= 11 is 0. The Kier molecular flexibility index (Phi) is 5.70. The fraction of sp³-hybridized carbons (Fsp3) is 0.900. The van der Waals surface area contributed by atoms with Gasteiger partial charge in [0, 0.05) is 5.92 Å². The summed E-state index contributed by atoms with van der Waals surface area (Å²) in [6.07, 6.45) is 1.79. The van der Waals surface area contributed by atoms with E-state index in [1.807, 2.05) is 13.8 Å². The predicted octanol–water partition coefficient (Wildman–Crippen LogP) is 3.31. The predicted molar refractivity (Wildman–Crippen MR) is 48.4 cm³/mol. The molecule has 0 amide bonds. The summed E-state index contributed by atoms with van der Waals surface area (Å²) in [5.74, 6) is 0.207. The molecule has 2 heteroatoms. The van der Waals surface area contributed by atoms with Crippen LogP contribution in [-0.4, -0.2) is 6.17 Å². The monoisotopic (exact) mass is 171 g/mol. The van der Waals surface area contributed by atoms with Gasteiger partial charge < -0.3 is 0 Å². The van der Waals surface area contributed by atoms with Crippen molar-refractivity contribution in [3.05, 3.63) is 0 Å². The second kappa shape index (κ2) is 5.99. The highest BCUT2D eigenvalue weighted by molar-refractivity contribution is 4.79. The van der Waals surface area contributed by atoms with Gasteiger partial charge in [-0.3, -0.25) is 0 Å². The molecular formula is C10H18FN. The molecule has 0 radical (unpaired) electrons. The first kappa shape index (κ1) is 11.4. The quantitative estimate of drug-likeness (QED) is 0.622. The molecule has 12 heavy (non-hydrogen) atoms. The molecule has 0 spiro atoms. The summed E-state index contributed by atoms with van der Waals surface area (Å²) in [5.41, 5.74) is 0. The minimum absolute atomic E-state index is 0.0674. The summed E-state index contributed by atoms with van der Waals surface area (Å²) in [7, 11) is 0. The number of halogens is 1. The van der Waals surface area contributed by atoms with Crippen molar-refractivity contribution >= 4 is 0 Å². The van der Waals surface area contributed by atoms with Crippen LogP contribution in [0.5, 0.6) is 0 Å². The van der Waals surface area contributed by atoms with E-state index in [2.05, 4.69) is 6.07 Å². The van der Waals surface area contributed by atoms with Gasteiger partial charge in [-0.15, -0.1) is 0 Å². The number of hydrogen-bond donors (Lipinski definition) is 0. The van der Waals surface area contributed by atoms with E-state index in [9.17, 15) is 4.39 Å². The molecule has 0 aliphatic carbocycles. The second-order valence-electron chi connectivity index (χ2n) is 3.45. The van der Waals surface area contributed by atoms with Gasteiger partial charge in [0.15, 0.2) is 0 Å². The van der Waals surface area contributed by atoms with E-state index in [4.69, 9.17) is 5.26 Å². The standard InChI is InChI=1S/C10H18FN/c1-4-10(9(3)11)6-5-8(2)7-12/h8-10H,4-6H2,1-3H3. The SMILES string of the molecule is CCC(CCC(C)C#N)C(C)F. The molecule has 0 aromatic heterocycles. The van der Waals surface area contributed by atoms with Gasteiger partial charge in [0.2, 0.25) is 0 Å². The van der Waals surface area contributed by atoms with Crippen LogP contribution in [0.2, 0.25) is 0 Å². The molecule has 3 atom stereocenters. The maximum Gasteiger partial charge on any atom is 0.100 e. The van der Waals surface area contributed by atoms with Gasteiger partial charge >= 0.3 is 0 Å². The number of rotatable bonds is 5. The molecule has 0 saturated carbocycles. The Morgan fingerprint density at radius 3 is 2.25 bits per heavy atom. The van der Waals surface area contributed by atoms with Gasteiger partial charge in [-0.25, -0.2) is 4.39 Å².